The number of benzene rings is 1. The average molecular weight is 305 g/mol. The molecule has 1 aromatic carbocycles. The van der Waals surface area contributed by atoms with Gasteiger partial charge in [0.15, 0.2) is 0 Å². The minimum atomic E-state index is 0.550. The largest absolute Gasteiger partial charge is 0.383 e. The Morgan fingerprint density at radius 2 is 1.95 bits per heavy atom. The van der Waals surface area contributed by atoms with E-state index in [1.807, 2.05) is 38.2 Å². The minimum absolute atomic E-state index is 0.550. The van der Waals surface area contributed by atoms with Crippen molar-refractivity contribution in [1.82, 2.24) is 9.97 Å². The molecule has 2 rings (SSSR count). The van der Waals surface area contributed by atoms with E-state index in [4.69, 9.17) is 17.3 Å². The van der Waals surface area contributed by atoms with E-state index in [9.17, 15) is 0 Å². The summed E-state index contributed by atoms with van der Waals surface area (Å²) in [5, 5.41) is 0.762. The van der Waals surface area contributed by atoms with Crippen molar-refractivity contribution in [2.45, 2.75) is 33.2 Å². The van der Waals surface area contributed by atoms with Crippen molar-refractivity contribution in [3.63, 3.8) is 0 Å². The van der Waals surface area contributed by atoms with E-state index < -0.39 is 0 Å². The third kappa shape index (κ3) is 3.64. The Labute approximate surface area is 131 Å². The minimum Gasteiger partial charge on any atom is -0.383 e. The molecule has 0 unspecified atom stereocenters. The fourth-order valence-corrected chi connectivity index (χ4v) is 2.43. The first-order chi connectivity index (χ1) is 10.0. The summed E-state index contributed by atoms with van der Waals surface area (Å²) < 4.78 is 0. The molecule has 2 aromatic rings. The van der Waals surface area contributed by atoms with Crippen LogP contribution in [0, 0.1) is 6.92 Å². The van der Waals surface area contributed by atoms with Crippen molar-refractivity contribution in [2.75, 3.05) is 17.7 Å². The van der Waals surface area contributed by atoms with Gasteiger partial charge >= 0.3 is 0 Å². The fourth-order valence-electron chi connectivity index (χ4n) is 2.23. The molecular weight excluding hydrogens is 284 g/mol. The maximum Gasteiger partial charge on any atom is 0.137 e. The highest BCUT2D eigenvalue weighted by Crippen LogP contribution is 2.24. The summed E-state index contributed by atoms with van der Waals surface area (Å²) in [6.45, 7) is 4.73. The van der Waals surface area contributed by atoms with Gasteiger partial charge in [0.05, 0.1) is 0 Å². The van der Waals surface area contributed by atoms with Crippen LogP contribution in [-0.2, 0) is 13.0 Å². The summed E-state index contributed by atoms with van der Waals surface area (Å²) in [7, 11) is 1.99. The predicted molar refractivity (Wildman–Crippen MR) is 88.7 cm³/mol. The van der Waals surface area contributed by atoms with Gasteiger partial charge in [0.25, 0.3) is 0 Å². The van der Waals surface area contributed by atoms with Crippen LogP contribution < -0.4 is 10.6 Å². The van der Waals surface area contributed by atoms with Crippen molar-refractivity contribution in [3.8, 4) is 0 Å². The number of halogens is 1. The normalized spacial score (nSPS) is 10.7. The number of rotatable bonds is 5. The lowest BCUT2D eigenvalue weighted by molar-refractivity contribution is 0.809. The molecule has 0 radical (unpaired) electrons. The number of nitrogens with zero attached hydrogens (tertiary/aromatic N) is 3. The molecule has 21 heavy (non-hydrogen) atoms. The Balaban J connectivity index is 2.30. The molecule has 1 heterocycles. The lowest BCUT2D eigenvalue weighted by Crippen LogP contribution is -2.21. The molecule has 0 fully saturated rings. The second kappa shape index (κ2) is 6.76. The number of aromatic nitrogens is 2. The van der Waals surface area contributed by atoms with Gasteiger partial charge in [-0.2, -0.15) is 0 Å². The van der Waals surface area contributed by atoms with Crippen LogP contribution in [0.4, 0.5) is 11.6 Å². The topological polar surface area (TPSA) is 55.0 Å². The van der Waals surface area contributed by atoms with E-state index in [0.29, 0.717) is 12.4 Å². The molecule has 0 saturated carbocycles. The van der Waals surface area contributed by atoms with Crippen LogP contribution in [-0.4, -0.2) is 17.0 Å². The molecule has 0 aliphatic heterocycles. The highest BCUT2D eigenvalue weighted by Gasteiger charge is 2.13. The summed E-state index contributed by atoms with van der Waals surface area (Å²) in [4.78, 5) is 11.0. The summed E-state index contributed by atoms with van der Waals surface area (Å²) in [6.07, 6.45) is 1.83. The van der Waals surface area contributed by atoms with Crippen LogP contribution in [0.2, 0.25) is 5.02 Å². The molecule has 0 aliphatic carbocycles. The summed E-state index contributed by atoms with van der Waals surface area (Å²) >= 11 is 6.22. The Hall–Kier alpha value is -1.81. The quantitative estimate of drug-likeness (QED) is 0.917. The highest BCUT2D eigenvalue weighted by atomic mass is 35.5. The van der Waals surface area contributed by atoms with Gasteiger partial charge in [0.1, 0.15) is 17.5 Å². The van der Waals surface area contributed by atoms with Gasteiger partial charge in [0, 0.05) is 30.6 Å². The van der Waals surface area contributed by atoms with Gasteiger partial charge in [-0.25, -0.2) is 9.97 Å². The number of hydrogen-bond donors (Lipinski definition) is 1. The molecule has 0 aliphatic rings. The molecule has 112 valence electrons. The monoisotopic (exact) mass is 304 g/mol. The van der Waals surface area contributed by atoms with Gasteiger partial charge in [-0.1, -0.05) is 36.7 Å². The predicted octanol–water partition coefficient (Wildman–Crippen LogP) is 3.61. The summed E-state index contributed by atoms with van der Waals surface area (Å²) in [5.74, 6) is 2.21. The Morgan fingerprint density at radius 1 is 1.24 bits per heavy atom. The molecule has 0 bridgehead atoms. The first-order valence-corrected chi connectivity index (χ1v) is 7.48. The van der Waals surface area contributed by atoms with Crippen molar-refractivity contribution in [2.24, 2.45) is 0 Å². The lowest BCUT2D eigenvalue weighted by Gasteiger charge is -2.22. The zero-order chi connectivity index (χ0) is 15.4. The van der Waals surface area contributed by atoms with Gasteiger partial charge in [-0.3, -0.25) is 0 Å². The van der Waals surface area contributed by atoms with E-state index in [1.54, 1.807) is 0 Å². The molecule has 0 atom stereocenters. The highest BCUT2D eigenvalue weighted by molar-refractivity contribution is 6.31. The third-order valence-electron chi connectivity index (χ3n) is 3.40. The molecular formula is C16H21ClN4. The van der Waals surface area contributed by atoms with E-state index >= 15 is 0 Å². The smallest absolute Gasteiger partial charge is 0.137 e. The van der Waals surface area contributed by atoms with Crippen molar-refractivity contribution >= 4 is 23.2 Å². The maximum atomic E-state index is 6.22. The van der Waals surface area contributed by atoms with E-state index in [-0.39, 0.29) is 0 Å². The molecule has 0 spiro atoms. The van der Waals surface area contributed by atoms with Gasteiger partial charge in [-0.05, 0) is 25.0 Å². The Kier molecular flexibility index (Phi) is 5.02. The molecule has 0 amide bonds. The lowest BCUT2D eigenvalue weighted by atomic mass is 10.2. The van der Waals surface area contributed by atoms with Gasteiger partial charge < -0.3 is 10.6 Å². The zero-order valence-electron chi connectivity index (χ0n) is 12.7. The van der Waals surface area contributed by atoms with Crippen LogP contribution in [0.3, 0.4) is 0 Å². The maximum absolute atomic E-state index is 6.22. The van der Waals surface area contributed by atoms with Crippen molar-refractivity contribution in [3.05, 3.63) is 46.2 Å². The molecule has 1 aromatic heterocycles. The van der Waals surface area contributed by atoms with Gasteiger partial charge in [-0.15, -0.1) is 0 Å². The first kappa shape index (κ1) is 15.6. The van der Waals surface area contributed by atoms with Crippen LogP contribution in [0.25, 0.3) is 0 Å². The second-order valence-corrected chi connectivity index (χ2v) is 5.58. The molecule has 5 heteroatoms. The standard InChI is InChI=1S/C16H21ClN4/c1-4-7-14-19-15(18)11(2)16(20-14)21(3)10-12-8-5-6-9-13(12)17/h5-6,8-9H,4,7,10H2,1-3H3,(H2,18,19,20). The summed E-state index contributed by atoms with van der Waals surface area (Å²) in [5.41, 5.74) is 7.98. The number of nitrogen functional groups attached to an aromatic ring is 1. The van der Waals surface area contributed by atoms with E-state index in [1.165, 1.54) is 0 Å². The third-order valence-corrected chi connectivity index (χ3v) is 3.77. The van der Waals surface area contributed by atoms with Crippen LogP contribution in [0.15, 0.2) is 24.3 Å². The van der Waals surface area contributed by atoms with Crippen LogP contribution in [0.1, 0.15) is 30.3 Å². The number of anilines is 2. The molecule has 4 nitrogen and oxygen atoms in total. The average Bonchev–Trinajstić information content (AvgIpc) is 2.45. The number of hydrogen-bond acceptors (Lipinski definition) is 4. The van der Waals surface area contributed by atoms with Crippen molar-refractivity contribution < 1.29 is 0 Å². The Morgan fingerprint density at radius 3 is 2.62 bits per heavy atom. The van der Waals surface area contributed by atoms with Crippen LogP contribution in [0.5, 0.6) is 0 Å². The van der Waals surface area contributed by atoms with E-state index in [2.05, 4.69) is 21.8 Å². The Bertz CT molecular complexity index is 628. The fraction of sp³-hybridized carbons (Fsp3) is 0.375. The first-order valence-electron chi connectivity index (χ1n) is 7.10. The van der Waals surface area contributed by atoms with Crippen LogP contribution >= 0.6 is 11.6 Å². The summed E-state index contributed by atoms with van der Waals surface area (Å²) in [6, 6.07) is 7.83. The zero-order valence-corrected chi connectivity index (χ0v) is 13.5. The second-order valence-electron chi connectivity index (χ2n) is 5.17. The molecule has 2 N–H and O–H groups in total. The van der Waals surface area contributed by atoms with Crippen molar-refractivity contribution in [1.29, 1.82) is 0 Å². The molecule has 0 saturated heterocycles. The van der Waals surface area contributed by atoms with Gasteiger partial charge in [0.2, 0.25) is 0 Å². The SMILES string of the molecule is CCCc1nc(N)c(C)c(N(C)Cc2ccccc2Cl)n1. The number of aryl methyl sites for hydroxylation is 1. The van der Waals surface area contributed by atoms with E-state index in [0.717, 1.165) is 40.6 Å². The number of nitrogens with two attached hydrogens (primary N) is 1.